The molecule has 0 saturated carbocycles. The molecule has 6 nitrogen and oxygen atoms in total. The van der Waals surface area contributed by atoms with E-state index < -0.39 is 5.97 Å². The molecule has 2 amide bonds. The highest BCUT2D eigenvalue weighted by atomic mass is 16.5. The van der Waals surface area contributed by atoms with Gasteiger partial charge in [0.05, 0.1) is 6.42 Å². The third-order valence-corrected chi connectivity index (χ3v) is 6.39. The molecule has 1 N–H and O–H groups in total. The number of rotatable bonds is 8. The van der Waals surface area contributed by atoms with Crippen molar-refractivity contribution in [3.05, 3.63) is 102 Å². The van der Waals surface area contributed by atoms with Gasteiger partial charge in [0, 0.05) is 30.6 Å². The number of para-hydroxylation sites is 1. The van der Waals surface area contributed by atoms with Gasteiger partial charge in [-0.05, 0) is 36.1 Å². The summed E-state index contributed by atoms with van der Waals surface area (Å²) in [6.45, 7) is 0.663. The number of carbonyl (C=O) groups is 3. The van der Waals surface area contributed by atoms with E-state index in [2.05, 4.69) is 5.32 Å². The van der Waals surface area contributed by atoms with Crippen molar-refractivity contribution in [3.8, 4) is 0 Å². The van der Waals surface area contributed by atoms with E-state index in [4.69, 9.17) is 4.74 Å². The number of anilines is 1. The van der Waals surface area contributed by atoms with Gasteiger partial charge >= 0.3 is 5.97 Å². The molecule has 1 aliphatic rings. The average molecular weight is 471 g/mol. The summed E-state index contributed by atoms with van der Waals surface area (Å²) in [5.41, 5.74) is 2.82. The van der Waals surface area contributed by atoms with Gasteiger partial charge in [-0.1, -0.05) is 78.9 Å². The van der Waals surface area contributed by atoms with Gasteiger partial charge in [0.1, 0.15) is 0 Å². The second-order valence-corrected chi connectivity index (χ2v) is 8.75. The van der Waals surface area contributed by atoms with E-state index in [1.165, 1.54) is 0 Å². The lowest BCUT2D eigenvalue weighted by molar-refractivity contribution is -0.152. The molecule has 1 heterocycles. The zero-order valence-electron chi connectivity index (χ0n) is 19.6. The first-order valence-corrected chi connectivity index (χ1v) is 12.0. The second kappa shape index (κ2) is 12.0. The number of hydrogen-bond donors (Lipinski definition) is 1. The fourth-order valence-electron chi connectivity index (χ4n) is 4.41. The Balaban J connectivity index is 1.25. The van der Waals surface area contributed by atoms with Crippen molar-refractivity contribution >= 4 is 23.5 Å². The van der Waals surface area contributed by atoms with Crippen LogP contribution in [0.25, 0.3) is 0 Å². The molecule has 0 unspecified atom stereocenters. The maximum atomic E-state index is 12.7. The molecule has 1 saturated heterocycles. The predicted octanol–water partition coefficient (Wildman–Crippen LogP) is 4.63. The number of amides is 2. The van der Waals surface area contributed by atoms with Crippen molar-refractivity contribution < 1.29 is 19.1 Å². The number of nitrogens with one attached hydrogen (secondary N) is 1. The minimum atomic E-state index is -0.409. The Bertz CT molecular complexity index is 1070. The van der Waals surface area contributed by atoms with E-state index in [1.807, 2.05) is 91.0 Å². The third-order valence-electron chi connectivity index (χ3n) is 6.39. The maximum absolute atomic E-state index is 12.7. The molecule has 0 radical (unpaired) electrons. The van der Waals surface area contributed by atoms with Crippen LogP contribution in [0.3, 0.4) is 0 Å². The van der Waals surface area contributed by atoms with Crippen LogP contribution in [-0.4, -0.2) is 42.4 Å². The second-order valence-electron chi connectivity index (χ2n) is 8.75. The van der Waals surface area contributed by atoms with Crippen molar-refractivity contribution in [2.45, 2.75) is 25.2 Å². The van der Waals surface area contributed by atoms with Crippen molar-refractivity contribution in [3.63, 3.8) is 0 Å². The summed E-state index contributed by atoms with van der Waals surface area (Å²) in [6.07, 6.45) is 1.33. The Kier molecular flexibility index (Phi) is 8.28. The Morgan fingerprint density at radius 1 is 0.800 bits per heavy atom. The van der Waals surface area contributed by atoms with Crippen LogP contribution in [0.4, 0.5) is 5.69 Å². The summed E-state index contributed by atoms with van der Waals surface area (Å²) in [5, 5.41) is 2.93. The summed E-state index contributed by atoms with van der Waals surface area (Å²) in [7, 11) is 0. The molecule has 0 spiro atoms. The van der Waals surface area contributed by atoms with Crippen molar-refractivity contribution in [2.75, 3.05) is 25.0 Å². The van der Waals surface area contributed by atoms with E-state index >= 15 is 0 Å². The van der Waals surface area contributed by atoms with Gasteiger partial charge in [-0.3, -0.25) is 14.4 Å². The molecule has 0 bridgehead atoms. The summed E-state index contributed by atoms with van der Waals surface area (Å²) >= 11 is 0. The smallest absolute Gasteiger partial charge is 0.307 e. The van der Waals surface area contributed by atoms with Crippen LogP contribution in [0.5, 0.6) is 0 Å². The van der Waals surface area contributed by atoms with E-state index in [-0.39, 0.29) is 36.7 Å². The molecule has 180 valence electrons. The largest absolute Gasteiger partial charge is 0.456 e. The number of nitrogens with zero attached hydrogens (tertiary/aromatic N) is 1. The van der Waals surface area contributed by atoms with E-state index in [0.29, 0.717) is 25.9 Å². The van der Waals surface area contributed by atoms with Crippen molar-refractivity contribution in [1.82, 2.24) is 4.90 Å². The standard InChI is InChI=1S/C29H30N2O4/c32-27(31-18-16-24(17-19-31)29(34)30-25-14-8-3-9-15-25)21-35-28(33)20-26(22-10-4-1-5-11-22)23-12-6-2-7-13-23/h1-15,24,26H,16-21H2,(H,30,34). The molecule has 3 aromatic carbocycles. The molecule has 1 fully saturated rings. The zero-order chi connectivity index (χ0) is 24.5. The summed E-state index contributed by atoms with van der Waals surface area (Å²) in [4.78, 5) is 39.5. The molecule has 6 heteroatoms. The quantitative estimate of drug-likeness (QED) is 0.487. The van der Waals surface area contributed by atoms with E-state index in [0.717, 1.165) is 16.8 Å². The fourth-order valence-corrected chi connectivity index (χ4v) is 4.41. The highest BCUT2D eigenvalue weighted by Crippen LogP contribution is 2.28. The molecule has 1 aliphatic heterocycles. The average Bonchev–Trinajstić information content (AvgIpc) is 2.92. The summed E-state index contributed by atoms with van der Waals surface area (Å²) < 4.78 is 5.37. The van der Waals surface area contributed by atoms with Crippen LogP contribution in [0.15, 0.2) is 91.0 Å². The lowest BCUT2D eigenvalue weighted by Crippen LogP contribution is -2.43. The van der Waals surface area contributed by atoms with Crippen molar-refractivity contribution in [1.29, 1.82) is 0 Å². The molecular formula is C29H30N2O4. The van der Waals surface area contributed by atoms with Gasteiger partial charge in [-0.15, -0.1) is 0 Å². The summed E-state index contributed by atoms with van der Waals surface area (Å²) in [5.74, 6) is -0.940. The zero-order valence-corrected chi connectivity index (χ0v) is 19.6. The monoisotopic (exact) mass is 470 g/mol. The number of likely N-dealkylation sites (tertiary alicyclic amines) is 1. The van der Waals surface area contributed by atoms with Gasteiger partial charge in [0.25, 0.3) is 5.91 Å². The van der Waals surface area contributed by atoms with Crippen molar-refractivity contribution in [2.24, 2.45) is 5.92 Å². The topological polar surface area (TPSA) is 75.7 Å². The Morgan fingerprint density at radius 3 is 1.86 bits per heavy atom. The van der Waals surface area contributed by atoms with E-state index in [1.54, 1.807) is 4.90 Å². The highest BCUT2D eigenvalue weighted by molar-refractivity contribution is 5.92. The molecule has 3 aromatic rings. The maximum Gasteiger partial charge on any atom is 0.307 e. The number of ether oxygens (including phenoxy) is 1. The normalized spacial score (nSPS) is 13.9. The Morgan fingerprint density at radius 2 is 1.31 bits per heavy atom. The first kappa shape index (κ1) is 24.2. The minimum Gasteiger partial charge on any atom is -0.456 e. The number of benzene rings is 3. The molecule has 0 aliphatic carbocycles. The van der Waals surface area contributed by atoms with Gasteiger partial charge < -0.3 is 15.0 Å². The van der Waals surface area contributed by atoms with Crippen LogP contribution in [-0.2, 0) is 19.1 Å². The van der Waals surface area contributed by atoms with E-state index in [9.17, 15) is 14.4 Å². The first-order valence-electron chi connectivity index (χ1n) is 12.0. The van der Waals surface area contributed by atoms with Crippen LogP contribution < -0.4 is 5.32 Å². The van der Waals surface area contributed by atoms with Gasteiger partial charge in [-0.2, -0.15) is 0 Å². The molecule has 35 heavy (non-hydrogen) atoms. The Hall–Kier alpha value is -3.93. The highest BCUT2D eigenvalue weighted by Gasteiger charge is 2.28. The minimum absolute atomic E-state index is 0.0254. The lowest BCUT2D eigenvalue weighted by atomic mass is 9.89. The molecule has 0 aromatic heterocycles. The summed E-state index contributed by atoms with van der Waals surface area (Å²) in [6, 6.07) is 29.0. The lowest BCUT2D eigenvalue weighted by Gasteiger charge is -2.31. The molecule has 0 atom stereocenters. The van der Waals surface area contributed by atoms with Crippen LogP contribution in [0.1, 0.15) is 36.3 Å². The number of carbonyl (C=O) groups excluding carboxylic acids is 3. The number of piperidine rings is 1. The molecular weight excluding hydrogens is 440 g/mol. The van der Waals surface area contributed by atoms with Crippen LogP contribution in [0.2, 0.25) is 0 Å². The fraction of sp³-hybridized carbons (Fsp3) is 0.276. The van der Waals surface area contributed by atoms with Gasteiger partial charge in [0.15, 0.2) is 6.61 Å². The molecule has 4 rings (SSSR count). The third kappa shape index (κ3) is 6.79. The van der Waals surface area contributed by atoms with Crippen LogP contribution >= 0.6 is 0 Å². The number of esters is 1. The Labute approximate surface area is 205 Å². The van der Waals surface area contributed by atoms with Crippen LogP contribution in [0, 0.1) is 5.92 Å². The van der Waals surface area contributed by atoms with Gasteiger partial charge in [-0.25, -0.2) is 0 Å². The number of hydrogen-bond acceptors (Lipinski definition) is 4. The van der Waals surface area contributed by atoms with Gasteiger partial charge in [0.2, 0.25) is 5.91 Å². The first-order chi connectivity index (χ1) is 17.1. The SMILES string of the molecule is O=C(CC(c1ccccc1)c1ccccc1)OCC(=O)N1CCC(C(=O)Nc2ccccc2)CC1. The predicted molar refractivity (Wildman–Crippen MR) is 135 cm³/mol.